The lowest BCUT2D eigenvalue weighted by atomic mass is 10.0. The van der Waals surface area contributed by atoms with E-state index >= 15 is 0 Å². The average molecular weight is 425 g/mol. The van der Waals surface area contributed by atoms with Crippen molar-refractivity contribution in [2.24, 2.45) is 0 Å². The number of Topliss-reactive ketones (excluding diaryl/α,β-unsaturated/α-hetero) is 1. The molecule has 1 aliphatic heterocycles. The SMILES string of the molecule is CCOc1ccc(OCCC(=O)O[C@@H](C)C(=O)c2ccc3c(c2)CCN3C(C)=O)cc1. The molecule has 3 rings (SSSR count). The Balaban J connectivity index is 1.48. The molecule has 0 fully saturated rings. The van der Waals surface area contributed by atoms with Crippen molar-refractivity contribution < 1.29 is 28.6 Å². The van der Waals surface area contributed by atoms with Crippen LogP contribution in [0, 0.1) is 0 Å². The summed E-state index contributed by atoms with van der Waals surface area (Å²) in [6, 6.07) is 12.3. The molecule has 0 spiro atoms. The summed E-state index contributed by atoms with van der Waals surface area (Å²) in [7, 11) is 0. The maximum atomic E-state index is 12.7. The van der Waals surface area contributed by atoms with E-state index in [1.165, 1.54) is 6.92 Å². The molecule has 7 heteroatoms. The molecule has 7 nitrogen and oxygen atoms in total. The first-order valence-corrected chi connectivity index (χ1v) is 10.4. The van der Waals surface area contributed by atoms with Gasteiger partial charge >= 0.3 is 5.97 Å². The largest absolute Gasteiger partial charge is 0.494 e. The molecule has 0 radical (unpaired) electrons. The van der Waals surface area contributed by atoms with E-state index in [-0.39, 0.29) is 24.7 Å². The van der Waals surface area contributed by atoms with Crippen LogP contribution in [-0.4, -0.2) is 43.5 Å². The average Bonchev–Trinajstić information content (AvgIpc) is 3.18. The molecule has 1 atom stereocenters. The number of esters is 1. The van der Waals surface area contributed by atoms with Crippen LogP contribution in [0.25, 0.3) is 0 Å². The fraction of sp³-hybridized carbons (Fsp3) is 0.375. The van der Waals surface area contributed by atoms with Gasteiger partial charge in [-0.3, -0.25) is 14.4 Å². The molecule has 164 valence electrons. The quantitative estimate of drug-likeness (QED) is 0.451. The van der Waals surface area contributed by atoms with E-state index in [4.69, 9.17) is 14.2 Å². The Kier molecular flexibility index (Phi) is 7.28. The lowest BCUT2D eigenvalue weighted by molar-refractivity contribution is -0.146. The first-order valence-electron chi connectivity index (χ1n) is 10.4. The molecule has 1 amide bonds. The number of amides is 1. The molecular weight excluding hydrogens is 398 g/mol. The van der Waals surface area contributed by atoms with E-state index in [9.17, 15) is 14.4 Å². The van der Waals surface area contributed by atoms with Gasteiger partial charge in [-0.15, -0.1) is 0 Å². The Labute approximate surface area is 181 Å². The van der Waals surface area contributed by atoms with E-state index < -0.39 is 12.1 Å². The zero-order valence-corrected chi connectivity index (χ0v) is 18.1. The molecule has 0 N–H and O–H groups in total. The highest BCUT2D eigenvalue weighted by Gasteiger charge is 2.25. The highest BCUT2D eigenvalue weighted by Crippen LogP contribution is 2.29. The maximum absolute atomic E-state index is 12.7. The third kappa shape index (κ3) is 5.63. The zero-order chi connectivity index (χ0) is 22.4. The number of fused-ring (bicyclic) bond motifs is 1. The van der Waals surface area contributed by atoms with Crippen molar-refractivity contribution in [3.05, 3.63) is 53.6 Å². The molecule has 0 unspecified atom stereocenters. The second kappa shape index (κ2) is 10.1. The number of carbonyl (C=O) groups is 3. The highest BCUT2D eigenvalue weighted by molar-refractivity contribution is 6.01. The van der Waals surface area contributed by atoms with E-state index in [2.05, 4.69) is 0 Å². The fourth-order valence-corrected chi connectivity index (χ4v) is 3.48. The van der Waals surface area contributed by atoms with Crippen molar-refractivity contribution >= 4 is 23.3 Å². The molecule has 1 aliphatic rings. The van der Waals surface area contributed by atoms with Gasteiger partial charge in [-0.05, 0) is 68.3 Å². The van der Waals surface area contributed by atoms with Crippen LogP contribution in [0.5, 0.6) is 11.5 Å². The normalized spacial score (nSPS) is 13.3. The molecule has 31 heavy (non-hydrogen) atoms. The standard InChI is InChI=1S/C24H27NO6/c1-4-29-20-6-8-21(9-7-20)30-14-12-23(27)31-16(2)24(28)19-5-10-22-18(15-19)11-13-25(22)17(3)26/h5-10,15-16H,4,11-14H2,1-3H3/t16-/m0/s1. The topological polar surface area (TPSA) is 82.1 Å². The molecule has 2 aromatic rings. The minimum Gasteiger partial charge on any atom is -0.494 e. The molecule has 1 heterocycles. The molecular formula is C24H27NO6. The van der Waals surface area contributed by atoms with Gasteiger partial charge in [0.05, 0.1) is 19.6 Å². The molecule has 0 saturated carbocycles. The lowest BCUT2D eigenvalue weighted by Crippen LogP contribution is -2.26. The van der Waals surface area contributed by atoms with E-state index in [1.54, 1.807) is 54.3 Å². The summed E-state index contributed by atoms with van der Waals surface area (Å²) in [5, 5.41) is 0. The Bertz CT molecular complexity index is 953. The van der Waals surface area contributed by atoms with Crippen LogP contribution >= 0.6 is 0 Å². The van der Waals surface area contributed by atoms with E-state index in [0.29, 0.717) is 30.9 Å². The number of nitrogens with zero attached hydrogens (tertiary/aromatic N) is 1. The second-order valence-electron chi connectivity index (χ2n) is 7.26. The Hall–Kier alpha value is -3.35. The summed E-state index contributed by atoms with van der Waals surface area (Å²) >= 11 is 0. The van der Waals surface area contributed by atoms with Crippen LogP contribution in [0.2, 0.25) is 0 Å². The van der Waals surface area contributed by atoms with Gasteiger partial charge in [-0.1, -0.05) is 0 Å². The summed E-state index contributed by atoms with van der Waals surface area (Å²) < 4.78 is 16.2. The number of carbonyl (C=O) groups excluding carboxylic acids is 3. The number of rotatable bonds is 9. The van der Waals surface area contributed by atoms with E-state index in [1.807, 2.05) is 6.92 Å². The van der Waals surface area contributed by atoms with Crippen LogP contribution in [0.3, 0.4) is 0 Å². The summed E-state index contributed by atoms with van der Waals surface area (Å²) in [5.74, 6) is 0.577. The van der Waals surface area contributed by atoms with Gasteiger partial charge in [-0.25, -0.2) is 0 Å². The van der Waals surface area contributed by atoms with Crippen LogP contribution < -0.4 is 14.4 Å². The minimum atomic E-state index is -0.902. The van der Waals surface area contributed by atoms with Gasteiger partial charge in [0, 0.05) is 24.7 Å². The maximum Gasteiger partial charge on any atom is 0.309 e. The van der Waals surface area contributed by atoms with E-state index in [0.717, 1.165) is 17.0 Å². The first-order chi connectivity index (χ1) is 14.9. The van der Waals surface area contributed by atoms with Crippen molar-refractivity contribution in [2.45, 2.75) is 39.7 Å². The molecule has 0 bridgehead atoms. The summed E-state index contributed by atoms with van der Waals surface area (Å²) in [4.78, 5) is 38.1. The van der Waals surface area contributed by atoms with Gasteiger partial charge in [-0.2, -0.15) is 0 Å². The molecule has 0 saturated heterocycles. The smallest absolute Gasteiger partial charge is 0.309 e. The molecule has 0 aliphatic carbocycles. The van der Waals surface area contributed by atoms with Gasteiger partial charge in [0.2, 0.25) is 11.7 Å². The van der Waals surface area contributed by atoms with Crippen LogP contribution in [0.4, 0.5) is 5.69 Å². The molecule has 0 aromatic heterocycles. The van der Waals surface area contributed by atoms with Crippen molar-refractivity contribution in [2.75, 3.05) is 24.7 Å². The Morgan fingerprint density at radius 1 is 1.03 bits per heavy atom. The van der Waals surface area contributed by atoms with Gasteiger partial charge in [0.1, 0.15) is 11.5 Å². The van der Waals surface area contributed by atoms with Gasteiger partial charge in [0.15, 0.2) is 6.10 Å². The summed E-state index contributed by atoms with van der Waals surface area (Å²) in [6.45, 7) is 6.34. The Morgan fingerprint density at radius 3 is 2.35 bits per heavy atom. The van der Waals surface area contributed by atoms with Gasteiger partial charge in [0.25, 0.3) is 0 Å². The predicted octanol–water partition coefficient (Wildman–Crippen LogP) is 3.58. The van der Waals surface area contributed by atoms with Crippen molar-refractivity contribution in [3.63, 3.8) is 0 Å². The first kappa shape index (κ1) is 22.3. The van der Waals surface area contributed by atoms with Crippen LogP contribution in [0.15, 0.2) is 42.5 Å². The third-order valence-electron chi connectivity index (χ3n) is 5.03. The number of hydrogen-bond donors (Lipinski definition) is 0. The van der Waals surface area contributed by atoms with Gasteiger partial charge < -0.3 is 19.1 Å². The van der Waals surface area contributed by atoms with Crippen molar-refractivity contribution in [1.29, 1.82) is 0 Å². The fourth-order valence-electron chi connectivity index (χ4n) is 3.48. The third-order valence-corrected chi connectivity index (χ3v) is 5.03. The number of ketones is 1. The number of ether oxygens (including phenoxy) is 3. The number of anilines is 1. The van der Waals surface area contributed by atoms with Crippen molar-refractivity contribution in [1.82, 2.24) is 0 Å². The van der Waals surface area contributed by atoms with Crippen LogP contribution in [0.1, 0.15) is 43.1 Å². The summed E-state index contributed by atoms with van der Waals surface area (Å²) in [5.41, 5.74) is 2.25. The predicted molar refractivity (Wildman–Crippen MR) is 116 cm³/mol. The second-order valence-corrected chi connectivity index (χ2v) is 7.26. The monoisotopic (exact) mass is 425 g/mol. The minimum absolute atomic E-state index is 0.0208. The number of hydrogen-bond acceptors (Lipinski definition) is 6. The molecule has 2 aromatic carbocycles. The Morgan fingerprint density at radius 2 is 1.71 bits per heavy atom. The highest BCUT2D eigenvalue weighted by atomic mass is 16.5. The van der Waals surface area contributed by atoms with Crippen molar-refractivity contribution in [3.8, 4) is 11.5 Å². The summed E-state index contributed by atoms with van der Waals surface area (Å²) in [6.07, 6.45) is -0.170. The van der Waals surface area contributed by atoms with Crippen LogP contribution in [-0.2, 0) is 20.7 Å². The lowest BCUT2D eigenvalue weighted by Gasteiger charge is -2.16. The number of benzene rings is 2. The zero-order valence-electron chi connectivity index (χ0n) is 18.1.